The van der Waals surface area contributed by atoms with E-state index in [1.54, 1.807) is 6.26 Å². The minimum atomic E-state index is -1.09. The number of esters is 3. The Labute approximate surface area is 237 Å². The molecule has 1 heterocycles. The van der Waals surface area contributed by atoms with Crippen LogP contribution >= 0.6 is 24.4 Å². The van der Waals surface area contributed by atoms with Gasteiger partial charge in [-0.1, -0.05) is 0 Å². The van der Waals surface area contributed by atoms with Crippen LogP contribution in [0.15, 0.2) is 0 Å². The van der Waals surface area contributed by atoms with Gasteiger partial charge >= 0.3 is 17.9 Å². The van der Waals surface area contributed by atoms with Gasteiger partial charge in [-0.25, -0.2) is 0 Å². The van der Waals surface area contributed by atoms with Gasteiger partial charge in [-0.2, -0.15) is 12.6 Å². The lowest BCUT2D eigenvalue weighted by molar-refractivity contribution is -0.302. The molecule has 14 heteroatoms. The van der Waals surface area contributed by atoms with Crippen LogP contribution in [0, 0.1) is 0 Å². The largest absolute Gasteiger partial charge is 0.550 e. The summed E-state index contributed by atoms with van der Waals surface area (Å²) in [6.45, 7) is 6.09. The molecule has 1 amide bonds. The summed E-state index contributed by atoms with van der Waals surface area (Å²) < 4.78 is 22.8. The Balaban J connectivity index is 0.00000318. The molecule has 0 aromatic heterocycles. The Bertz CT molecular complexity index is 781. The van der Waals surface area contributed by atoms with Crippen LogP contribution in [0.25, 0.3) is 0 Å². The molecule has 1 aliphatic heterocycles. The number of carbonyl (C=O) groups excluding carboxylic acids is 5. The summed E-state index contributed by atoms with van der Waals surface area (Å²) in [5.74, 6) is -0.727. The molecule has 1 rings (SSSR count). The molecule has 0 aromatic carbocycles. The number of rotatable bonds is 13. The second-order valence-electron chi connectivity index (χ2n) is 8.66. The first kappa shape index (κ1) is 36.4. The predicted molar refractivity (Wildman–Crippen MR) is 148 cm³/mol. The lowest BCUT2D eigenvalue weighted by atomic mass is 9.94. The molecule has 0 bridgehead atoms. The fraction of sp³-hybridized carbons (Fsp3) is 0.792. The Morgan fingerprint density at radius 2 is 1.42 bits per heavy atom. The van der Waals surface area contributed by atoms with Crippen LogP contribution in [-0.2, 0) is 53.8 Å². The van der Waals surface area contributed by atoms with Gasteiger partial charge in [-0.15, -0.1) is 11.8 Å². The van der Waals surface area contributed by atoms with Crippen molar-refractivity contribution in [1.29, 1.82) is 0 Å². The number of carbonyl (C=O) groups is 5. The molecule has 1 fully saturated rings. The first-order chi connectivity index (χ1) is 17.7. The highest BCUT2D eigenvalue weighted by Gasteiger charge is 2.54. The van der Waals surface area contributed by atoms with E-state index in [9.17, 15) is 19.2 Å². The monoisotopic (exact) mass is 599 g/mol. The Hall–Kier alpha value is -1.64. The zero-order chi connectivity index (χ0) is 29.4. The minimum Gasteiger partial charge on any atom is -0.550 e. The van der Waals surface area contributed by atoms with Crippen LogP contribution in [0.5, 0.6) is 0 Å². The SMILES string of the molecule is CC(=O)[O-].CS[C@H]1O[C@H]([C@H](C[S+](C)CCCCCS)NC(C)=O)[C@H](OC(C)=O)[C@H](OC(C)=O)[C@H]1OC(C)=O. The molecule has 1 aliphatic rings. The molecular formula is C24H41NO10S3. The number of carboxylic acid groups (broad SMARTS) is 1. The summed E-state index contributed by atoms with van der Waals surface area (Å²) in [4.78, 5) is 56.7. The summed E-state index contributed by atoms with van der Waals surface area (Å²) in [6.07, 6.45) is 3.10. The van der Waals surface area contributed by atoms with Gasteiger partial charge in [0.1, 0.15) is 29.1 Å². The molecule has 11 nitrogen and oxygen atoms in total. The Morgan fingerprint density at radius 1 is 0.921 bits per heavy atom. The predicted octanol–water partition coefficient (Wildman–Crippen LogP) is 0.479. The number of hydrogen-bond donors (Lipinski definition) is 2. The van der Waals surface area contributed by atoms with Crippen molar-refractivity contribution in [2.75, 3.05) is 29.8 Å². The summed E-state index contributed by atoms with van der Waals surface area (Å²) in [5, 5.41) is 11.8. The molecule has 0 saturated carbocycles. The zero-order valence-corrected chi connectivity index (χ0v) is 25.6. The topological polar surface area (TPSA) is 157 Å². The van der Waals surface area contributed by atoms with Gasteiger partial charge in [0.15, 0.2) is 18.3 Å². The molecule has 0 aromatic rings. The highest BCUT2D eigenvalue weighted by Crippen LogP contribution is 2.34. The van der Waals surface area contributed by atoms with Crippen molar-refractivity contribution in [1.82, 2.24) is 5.32 Å². The smallest absolute Gasteiger partial charge is 0.303 e. The van der Waals surface area contributed by atoms with E-state index in [1.165, 1.54) is 39.5 Å². The number of thioether (sulfide) groups is 1. The van der Waals surface area contributed by atoms with Gasteiger partial charge in [0, 0.05) is 33.7 Å². The van der Waals surface area contributed by atoms with Gasteiger partial charge in [-0.05, 0) is 49.1 Å². The number of aliphatic carboxylic acids is 1. The average molecular weight is 600 g/mol. The number of amides is 1. The van der Waals surface area contributed by atoms with Crippen LogP contribution in [-0.4, -0.2) is 95.4 Å². The van der Waals surface area contributed by atoms with Crippen molar-refractivity contribution in [3.05, 3.63) is 0 Å². The Morgan fingerprint density at radius 3 is 1.87 bits per heavy atom. The molecule has 0 spiro atoms. The van der Waals surface area contributed by atoms with Crippen molar-refractivity contribution in [2.45, 2.75) is 89.8 Å². The van der Waals surface area contributed by atoms with Crippen molar-refractivity contribution >= 4 is 65.1 Å². The molecular weight excluding hydrogens is 558 g/mol. The van der Waals surface area contributed by atoms with Crippen molar-refractivity contribution in [3.63, 3.8) is 0 Å². The standard InChI is InChI=1S/C22H37NO8S3.C2H4O2/c1-13(24)23-17(12-34(6)11-9-7-8-10-32)18-19(28-14(2)25)20(29-15(3)26)21(30-16(4)27)22(31-18)33-5;1-2(3)4/h17-22H,7-12H2,1-6H3,(H-,23,24,32);1H3,(H,3,4)/t17-,18+,19-,20-,21+,22+,34?;/m0./s1. The summed E-state index contributed by atoms with van der Waals surface area (Å²) in [6, 6.07) is -0.508. The van der Waals surface area contributed by atoms with Crippen LogP contribution in [0.1, 0.15) is 53.9 Å². The van der Waals surface area contributed by atoms with Crippen molar-refractivity contribution in [3.8, 4) is 0 Å². The van der Waals surface area contributed by atoms with E-state index in [4.69, 9.17) is 28.8 Å². The van der Waals surface area contributed by atoms with E-state index in [-0.39, 0.29) is 16.8 Å². The van der Waals surface area contributed by atoms with Crippen LogP contribution in [0.4, 0.5) is 0 Å². The maximum atomic E-state index is 12.1. The number of ether oxygens (including phenoxy) is 4. The highest BCUT2D eigenvalue weighted by molar-refractivity contribution is 7.99. The lowest BCUT2D eigenvalue weighted by Gasteiger charge is -2.46. The van der Waals surface area contributed by atoms with Gasteiger partial charge in [0.25, 0.3) is 0 Å². The number of nitrogens with one attached hydrogen (secondary N) is 1. The molecule has 220 valence electrons. The highest BCUT2D eigenvalue weighted by atomic mass is 32.2. The molecule has 38 heavy (non-hydrogen) atoms. The maximum absolute atomic E-state index is 12.1. The molecule has 1 N–H and O–H groups in total. The van der Waals surface area contributed by atoms with E-state index in [0.717, 1.165) is 37.7 Å². The van der Waals surface area contributed by atoms with E-state index >= 15 is 0 Å². The number of thiol groups is 1. The zero-order valence-electron chi connectivity index (χ0n) is 23.1. The Kier molecular flexibility index (Phi) is 18.6. The number of hydrogen-bond acceptors (Lipinski definition) is 12. The van der Waals surface area contributed by atoms with Crippen molar-refractivity contribution in [2.24, 2.45) is 0 Å². The fourth-order valence-electron chi connectivity index (χ4n) is 3.82. The number of carboxylic acids is 1. The molecule has 0 radical (unpaired) electrons. The van der Waals surface area contributed by atoms with Gasteiger partial charge < -0.3 is 34.2 Å². The van der Waals surface area contributed by atoms with E-state index in [1.807, 2.05) is 0 Å². The fourth-order valence-corrected chi connectivity index (χ4v) is 6.52. The van der Waals surface area contributed by atoms with Gasteiger partial charge in [0.05, 0.1) is 6.26 Å². The summed E-state index contributed by atoms with van der Waals surface area (Å²) in [5.41, 5.74) is -0.699. The minimum absolute atomic E-state index is 0.0624. The van der Waals surface area contributed by atoms with Crippen molar-refractivity contribution < 1.29 is 48.0 Å². The van der Waals surface area contributed by atoms with Crippen LogP contribution in [0.3, 0.4) is 0 Å². The van der Waals surface area contributed by atoms with E-state index < -0.39 is 59.8 Å². The average Bonchev–Trinajstić information content (AvgIpc) is 2.77. The third-order valence-corrected chi connectivity index (χ3v) is 8.14. The first-order valence-corrected chi connectivity index (χ1v) is 16.0. The second kappa shape index (κ2) is 19.4. The van der Waals surface area contributed by atoms with Gasteiger partial charge in [-0.3, -0.25) is 19.2 Å². The normalized spacial score (nSPS) is 24.1. The molecule has 0 aliphatic carbocycles. The summed E-state index contributed by atoms with van der Waals surface area (Å²) >= 11 is 5.53. The van der Waals surface area contributed by atoms with E-state index in [0.29, 0.717) is 5.75 Å². The van der Waals surface area contributed by atoms with Crippen LogP contribution in [0.2, 0.25) is 0 Å². The first-order valence-electron chi connectivity index (χ1n) is 12.1. The molecule has 1 saturated heterocycles. The summed E-state index contributed by atoms with van der Waals surface area (Å²) in [7, 11) is -0.0624. The lowest BCUT2D eigenvalue weighted by Crippen LogP contribution is -2.66. The molecule has 1 unspecified atom stereocenters. The maximum Gasteiger partial charge on any atom is 0.303 e. The van der Waals surface area contributed by atoms with Crippen LogP contribution < -0.4 is 10.4 Å². The number of unbranched alkanes of at least 4 members (excludes halogenated alkanes) is 2. The third kappa shape index (κ3) is 15.1. The quantitative estimate of drug-likeness (QED) is 0.0997. The second-order valence-corrected chi connectivity index (χ2v) is 12.3. The third-order valence-electron chi connectivity index (χ3n) is 5.07. The van der Waals surface area contributed by atoms with Gasteiger partial charge in [0.2, 0.25) is 5.91 Å². The van der Waals surface area contributed by atoms with E-state index in [2.05, 4.69) is 24.2 Å². The molecule has 7 atom stereocenters.